The summed E-state index contributed by atoms with van der Waals surface area (Å²) < 4.78 is 27.5. The molecule has 2 N–H and O–H groups in total. The third kappa shape index (κ3) is 5.64. The molecular formula is C23H19N3O3S2. The Morgan fingerprint density at radius 2 is 1.65 bits per heavy atom. The highest BCUT2D eigenvalue weighted by Crippen LogP contribution is 2.30. The molecule has 0 bridgehead atoms. The average Bonchev–Trinajstić information content (AvgIpc) is 3.22. The Morgan fingerprint density at radius 1 is 0.935 bits per heavy atom. The molecule has 4 aromatic rings. The predicted octanol–water partition coefficient (Wildman–Crippen LogP) is 4.49. The van der Waals surface area contributed by atoms with Gasteiger partial charge in [-0.2, -0.15) is 0 Å². The SMILES string of the molecule is O=C(CNS(=O)(=O)/C=C/c1ccccc1)Nc1ccc(-c2nc3ccccc3s2)cc1. The first kappa shape index (κ1) is 20.9. The Balaban J connectivity index is 1.33. The first-order chi connectivity index (χ1) is 15.0. The summed E-state index contributed by atoms with van der Waals surface area (Å²) in [6.07, 6.45) is 1.47. The third-order valence-electron chi connectivity index (χ3n) is 4.38. The van der Waals surface area contributed by atoms with E-state index in [2.05, 4.69) is 15.0 Å². The van der Waals surface area contributed by atoms with Crippen molar-refractivity contribution in [2.75, 3.05) is 11.9 Å². The first-order valence-corrected chi connectivity index (χ1v) is 11.8. The number of sulfonamides is 1. The van der Waals surface area contributed by atoms with Gasteiger partial charge in [-0.05, 0) is 48.0 Å². The van der Waals surface area contributed by atoms with Crippen LogP contribution in [0.25, 0.3) is 26.9 Å². The molecule has 3 aromatic carbocycles. The molecule has 1 amide bonds. The minimum Gasteiger partial charge on any atom is -0.325 e. The maximum absolute atomic E-state index is 12.1. The number of carbonyl (C=O) groups is 1. The summed E-state index contributed by atoms with van der Waals surface area (Å²) in [4.78, 5) is 16.8. The number of nitrogens with one attached hydrogen (secondary N) is 2. The van der Waals surface area contributed by atoms with E-state index < -0.39 is 15.9 Å². The van der Waals surface area contributed by atoms with E-state index in [1.165, 1.54) is 6.08 Å². The minimum absolute atomic E-state index is 0.360. The lowest BCUT2D eigenvalue weighted by molar-refractivity contribution is -0.115. The van der Waals surface area contributed by atoms with Crippen molar-refractivity contribution in [1.29, 1.82) is 0 Å². The van der Waals surface area contributed by atoms with E-state index in [1.807, 2.05) is 54.6 Å². The quantitative estimate of drug-likeness (QED) is 0.435. The Morgan fingerprint density at radius 3 is 2.39 bits per heavy atom. The fourth-order valence-electron chi connectivity index (χ4n) is 2.84. The van der Waals surface area contributed by atoms with E-state index in [9.17, 15) is 13.2 Å². The zero-order chi connectivity index (χ0) is 21.7. The van der Waals surface area contributed by atoms with Crippen molar-refractivity contribution in [2.45, 2.75) is 0 Å². The second-order valence-electron chi connectivity index (χ2n) is 6.69. The molecule has 0 spiro atoms. The van der Waals surface area contributed by atoms with Crippen molar-refractivity contribution < 1.29 is 13.2 Å². The highest BCUT2D eigenvalue weighted by Gasteiger charge is 2.10. The molecule has 0 radical (unpaired) electrons. The molecule has 1 aromatic heterocycles. The molecule has 4 rings (SSSR count). The number of hydrogen-bond acceptors (Lipinski definition) is 5. The summed E-state index contributed by atoms with van der Waals surface area (Å²) in [6.45, 7) is -0.360. The highest BCUT2D eigenvalue weighted by atomic mass is 32.2. The number of benzene rings is 3. The number of anilines is 1. The maximum atomic E-state index is 12.1. The molecule has 1 heterocycles. The van der Waals surface area contributed by atoms with Crippen LogP contribution in [-0.4, -0.2) is 25.9 Å². The van der Waals surface area contributed by atoms with Crippen LogP contribution in [-0.2, 0) is 14.8 Å². The van der Waals surface area contributed by atoms with Crippen molar-refractivity contribution in [3.05, 3.63) is 89.8 Å². The number of rotatable bonds is 7. The van der Waals surface area contributed by atoms with Gasteiger partial charge in [0, 0.05) is 16.7 Å². The smallest absolute Gasteiger partial charge is 0.239 e. The molecule has 0 aliphatic heterocycles. The van der Waals surface area contributed by atoms with Crippen LogP contribution < -0.4 is 10.0 Å². The lowest BCUT2D eigenvalue weighted by atomic mass is 10.2. The normalized spacial score (nSPS) is 11.7. The second kappa shape index (κ2) is 9.22. The summed E-state index contributed by atoms with van der Waals surface area (Å²) in [7, 11) is -3.72. The number of hydrogen-bond donors (Lipinski definition) is 2. The lowest BCUT2D eigenvalue weighted by Crippen LogP contribution is -2.31. The molecule has 0 aliphatic carbocycles. The van der Waals surface area contributed by atoms with Gasteiger partial charge in [-0.15, -0.1) is 11.3 Å². The molecular weight excluding hydrogens is 430 g/mol. The summed E-state index contributed by atoms with van der Waals surface area (Å²) in [6, 6.07) is 24.3. The number of amides is 1. The summed E-state index contributed by atoms with van der Waals surface area (Å²) in [5, 5.41) is 4.63. The fourth-order valence-corrected chi connectivity index (χ4v) is 4.58. The number of para-hydroxylation sites is 1. The third-order valence-corrected chi connectivity index (χ3v) is 6.51. The van der Waals surface area contributed by atoms with Crippen molar-refractivity contribution in [1.82, 2.24) is 9.71 Å². The van der Waals surface area contributed by atoms with Gasteiger partial charge in [0.05, 0.1) is 16.8 Å². The van der Waals surface area contributed by atoms with Crippen molar-refractivity contribution in [2.24, 2.45) is 0 Å². The van der Waals surface area contributed by atoms with Gasteiger partial charge in [-0.25, -0.2) is 18.1 Å². The predicted molar refractivity (Wildman–Crippen MR) is 126 cm³/mol. The van der Waals surface area contributed by atoms with Gasteiger partial charge in [0.15, 0.2) is 0 Å². The number of nitrogens with zero attached hydrogens (tertiary/aromatic N) is 1. The zero-order valence-corrected chi connectivity index (χ0v) is 18.0. The van der Waals surface area contributed by atoms with Gasteiger partial charge in [0.2, 0.25) is 15.9 Å². The monoisotopic (exact) mass is 449 g/mol. The van der Waals surface area contributed by atoms with Crippen LogP contribution in [0.3, 0.4) is 0 Å². The van der Waals surface area contributed by atoms with Crippen molar-refractivity contribution in [3.63, 3.8) is 0 Å². The zero-order valence-electron chi connectivity index (χ0n) is 16.4. The van der Waals surface area contributed by atoms with E-state index in [4.69, 9.17) is 0 Å². The fraction of sp³-hybridized carbons (Fsp3) is 0.0435. The van der Waals surface area contributed by atoms with Crippen LogP contribution in [0.5, 0.6) is 0 Å². The molecule has 0 saturated carbocycles. The lowest BCUT2D eigenvalue weighted by Gasteiger charge is -2.06. The second-order valence-corrected chi connectivity index (χ2v) is 9.37. The van der Waals surface area contributed by atoms with Crippen molar-refractivity contribution in [3.8, 4) is 10.6 Å². The Kier molecular flexibility index (Phi) is 6.22. The van der Waals surface area contributed by atoms with Crippen LogP contribution in [0.4, 0.5) is 5.69 Å². The van der Waals surface area contributed by atoms with Crippen LogP contribution in [0.1, 0.15) is 5.56 Å². The number of aromatic nitrogens is 1. The maximum Gasteiger partial charge on any atom is 0.239 e. The standard InChI is InChI=1S/C23H19N3O3S2/c27-22(16-24-31(28,29)15-14-17-6-2-1-3-7-17)25-19-12-10-18(11-13-19)23-26-20-8-4-5-9-21(20)30-23/h1-15,24H,16H2,(H,25,27)/b15-14+. The number of carbonyl (C=O) groups excluding carboxylic acids is 1. The van der Waals surface area contributed by atoms with Gasteiger partial charge in [0.1, 0.15) is 5.01 Å². The Bertz CT molecular complexity index is 1300. The molecule has 156 valence electrons. The molecule has 0 fully saturated rings. The van der Waals surface area contributed by atoms with Gasteiger partial charge < -0.3 is 5.32 Å². The molecule has 8 heteroatoms. The molecule has 0 unspecified atom stereocenters. The molecule has 31 heavy (non-hydrogen) atoms. The van der Waals surface area contributed by atoms with Gasteiger partial charge in [0.25, 0.3) is 0 Å². The number of thiazole rings is 1. The van der Waals surface area contributed by atoms with Crippen LogP contribution in [0.2, 0.25) is 0 Å². The Hall–Kier alpha value is -3.33. The molecule has 0 atom stereocenters. The van der Waals surface area contributed by atoms with Gasteiger partial charge >= 0.3 is 0 Å². The van der Waals surface area contributed by atoms with Gasteiger partial charge in [-0.1, -0.05) is 42.5 Å². The highest BCUT2D eigenvalue weighted by molar-refractivity contribution is 7.92. The van der Waals surface area contributed by atoms with Crippen LogP contribution in [0.15, 0.2) is 84.3 Å². The summed E-state index contributed by atoms with van der Waals surface area (Å²) >= 11 is 1.60. The van der Waals surface area contributed by atoms with E-state index in [0.717, 1.165) is 31.8 Å². The molecule has 6 nitrogen and oxygen atoms in total. The van der Waals surface area contributed by atoms with E-state index in [0.29, 0.717) is 5.69 Å². The topological polar surface area (TPSA) is 88.2 Å². The largest absolute Gasteiger partial charge is 0.325 e. The first-order valence-electron chi connectivity index (χ1n) is 9.47. The molecule has 0 aliphatic rings. The van der Waals surface area contributed by atoms with Gasteiger partial charge in [-0.3, -0.25) is 4.79 Å². The van der Waals surface area contributed by atoms with Crippen LogP contribution >= 0.6 is 11.3 Å². The van der Waals surface area contributed by atoms with Crippen LogP contribution in [0, 0.1) is 0 Å². The number of fused-ring (bicyclic) bond motifs is 1. The Labute approximate surface area is 184 Å². The minimum atomic E-state index is -3.72. The average molecular weight is 450 g/mol. The van der Waals surface area contributed by atoms with Crippen molar-refractivity contribution >= 4 is 49.2 Å². The molecule has 0 saturated heterocycles. The van der Waals surface area contributed by atoms with E-state index >= 15 is 0 Å². The summed E-state index contributed by atoms with van der Waals surface area (Å²) in [5.74, 6) is -0.454. The van der Waals surface area contributed by atoms with E-state index in [-0.39, 0.29) is 6.54 Å². The van der Waals surface area contributed by atoms with E-state index in [1.54, 1.807) is 35.6 Å². The summed E-state index contributed by atoms with van der Waals surface area (Å²) in [5.41, 5.74) is 3.24.